The van der Waals surface area contributed by atoms with Crippen molar-refractivity contribution in [3.05, 3.63) is 0 Å². The third kappa shape index (κ3) is 2.52. The number of ketones is 1. The highest BCUT2D eigenvalue weighted by Gasteiger charge is 2.57. The molecule has 7 heteroatoms. The van der Waals surface area contributed by atoms with E-state index in [-0.39, 0.29) is 17.6 Å². The number of rotatable bonds is 3. The molecule has 2 atom stereocenters. The number of Topliss-reactive ketones (excluding diaryl/α,β-unsaturated/α-hetero) is 1. The second-order valence-corrected chi connectivity index (χ2v) is 6.27. The molecule has 0 aliphatic heterocycles. The lowest BCUT2D eigenvalue weighted by Gasteiger charge is -2.54. The molecule has 0 radical (unpaired) electrons. The molecule has 0 aromatic carbocycles. The van der Waals surface area contributed by atoms with Crippen LogP contribution in [0.4, 0.5) is 0 Å². The van der Waals surface area contributed by atoms with Gasteiger partial charge < -0.3 is 19.4 Å². The highest BCUT2D eigenvalue weighted by Crippen LogP contribution is 2.55. The molecule has 4 rings (SSSR count). The van der Waals surface area contributed by atoms with Crippen LogP contribution >= 0.6 is 0 Å². The molecule has 0 heterocycles. The van der Waals surface area contributed by atoms with Crippen LogP contribution in [0.3, 0.4) is 0 Å². The molecule has 21 heavy (non-hydrogen) atoms. The van der Waals surface area contributed by atoms with Gasteiger partial charge in [-0.1, -0.05) is 0 Å². The summed E-state index contributed by atoms with van der Waals surface area (Å²) >= 11 is 0. The second-order valence-electron chi connectivity index (χ2n) is 6.27. The maximum Gasteiger partial charge on any atom is 0.354 e. The summed E-state index contributed by atoms with van der Waals surface area (Å²) in [5.41, 5.74) is -0.643. The topological polar surface area (TPSA) is 110 Å². The highest BCUT2D eigenvalue weighted by atomic mass is 16.6. The van der Waals surface area contributed by atoms with Crippen LogP contribution in [-0.4, -0.2) is 35.9 Å². The number of aliphatic carboxylic acids is 1. The molecule has 4 bridgehead atoms. The lowest BCUT2D eigenvalue weighted by atomic mass is 9.53. The van der Waals surface area contributed by atoms with Gasteiger partial charge in [-0.05, 0) is 38.0 Å². The first-order valence-corrected chi connectivity index (χ1v) is 7.02. The molecule has 0 aromatic rings. The number of ether oxygens (including phenoxy) is 2. The van der Waals surface area contributed by atoms with E-state index in [0.29, 0.717) is 18.8 Å². The Balaban J connectivity index is 1.60. The summed E-state index contributed by atoms with van der Waals surface area (Å²) in [6.07, 6.45) is 3.52. The largest absolute Gasteiger partial charge is 0.539 e. The Morgan fingerprint density at radius 3 is 2.33 bits per heavy atom. The molecule has 114 valence electrons. The van der Waals surface area contributed by atoms with Gasteiger partial charge in [0, 0.05) is 11.8 Å². The zero-order valence-corrected chi connectivity index (χ0v) is 11.3. The third-order valence-electron chi connectivity index (χ3n) is 4.76. The predicted octanol–water partition coefficient (Wildman–Crippen LogP) is -1.03. The fourth-order valence-corrected chi connectivity index (χ4v) is 4.25. The zero-order valence-electron chi connectivity index (χ0n) is 11.3. The maximum absolute atomic E-state index is 12.0. The van der Waals surface area contributed by atoms with Crippen molar-refractivity contribution in [1.82, 2.24) is 0 Å². The van der Waals surface area contributed by atoms with Gasteiger partial charge >= 0.3 is 11.9 Å². The van der Waals surface area contributed by atoms with E-state index >= 15 is 0 Å². The lowest BCUT2D eigenvalue weighted by Crippen LogP contribution is -2.57. The van der Waals surface area contributed by atoms with Gasteiger partial charge in [-0.15, -0.1) is 0 Å². The fourth-order valence-electron chi connectivity index (χ4n) is 4.25. The van der Waals surface area contributed by atoms with E-state index in [0.717, 1.165) is 19.3 Å². The summed E-state index contributed by atoms with van der Waals surface area (Å²) in [5.74, 6) is -3.75. The Labute approximate surface area is 120 Å². The van der Waals surface area contributed by atoms with Crippen molar-refractivity contribution in [2.45, 2.75) is 37.7 Å². The minimum Gasteiger partial charge on any atom is -0.539 e. The van der Waals surface area contributed by atoms with Crippen molar-refractivity contribution in [3.63, 3.8) is 0 Å². The van der Waals surface area contributed by atoms with Crippen molar-refractivity contribution < 1.29 is 33.8 Å². The minimum absolute atomic E-state index is 0.0326. The number of esters is 2. The Hall–Kier alpha value is -1.92. The SMILES string of the molecule is O=C(COC(=O)C(=O)[O-])OC12CC3CC(C1)C(=O)C(C3)C2. The molecule has 0 amide bonds. The molecule has 4 aliphatic rings. The summed E-state index contributed by atoms with van der Waals surface area (Å²) < 4.78 is 9.71. The van der Waals surface area contributed by atoms with Gasteiger partial charge in [0.15, 0.2) is 12.6 Å². The summed E-state index contributed by atoms with van der Waals surface area (Å²) in [4.78, 5) is 44.6. The molecule has 4 fully saturated rings. The van der Waals surface area contributed by atoms with Crippen LogP contribution in [-0.2, 0) is 28.7 Å². The van der Waals surface area contributed by atoms with Crippen LogP contribution < -0.4 is 5.11 Å². The van der Waals surface area contributed by atoms with Gasteiger partial charge in [0.05, 0.1) is 0 Å². The molecule has 7 nitrogen and oxygen atoms in total. The molecule has 4 aliphatic carbocycles. The van der Waals surface area contributed by atoms with Crippen molar-refractivity contribution in [2.24, 2.45) is 17.8 Å². The molecule has 0 spiro atoms. The molecule has 0 saturated heterocycles. The number of carbonyl (C=O) groups is 4. The third-order valence-corrected chi connectivity index (χ3v) is 4.76. The average Bonchev–Trinajstić information content (AvgIpc) is 2.40. The summed E-state index contributed by atoms with van der Waals surface area (Å²) in [6.45, 7) is -0.748. The van der Waals surface area contributed by atoms with Crippen LogP contribution in [0, 0.1) is 17.8 Å². The lowest BCUT2D eigenvalue weighted by molar-refractivity contribution is -0.303. The number of carbonyl (C=O) groups excluding carboxylic acids is 4. The van der Waals surface area contributed by atoms with E-state index in [4.69, 9.17) is 4.74 Å². The van der Waals surface area contributed by atoms with E-state index in [1.54, 1.807) is 0 Å². The molecular weight excluding hydrogens is 280 g/mol. The summed E-state index contributed by atoms with van der Waals surface area (Å²) in [6, 6.07) is 0. The van der Waals surface area contributed by atoms with Crippen molar-refractivity contribution >= 4 is 23.7 Å². The van der Waals surface area contributed by atoms with Crippen LogP contribution in [0.1, 0.15) is 32.1 Å². The number of hydrogen-bond acceptors (Lipinski definition) is 7. The molecule has 2 unspecified atom stereocenters. The Bertz CT molecular complexity index is 505. The van der Waals surface area contributed by atoms with Crippen LogP contribution in [0.5, 0.6) is 0 Å². The van der Waals surface area contributed by atoms with E-state index in [1.807, 2.05) is 0 Å². The standard InChI is InChI=1S/C14H16O7/c15-10(6-20-13(19)12(17)18)21-14-3-7-1-8(4-14)11(16)9(2-7)5-14/h7-9H,1-6H2,(H,17,18)/p-1. The van der Waals surface area contributed by atoms with Crippen molar-refractivity contribution in [1.29, 1.82) is 0 Å². The Morgan fingerprint density at radius 1 is 1.14 bits per heavy atom. The maximum atomic E-state index is 12.0. The minimum atomic E-state index is -2.00. The smallest absolute Gasteiger partial charge is 0.354 e. The number of carboxylic acid groups (broad SMARTS) is 1. The van der Waals surface area contributed by atoms with Crippen LogP contribution in [0.25, 0.3) is 0 Å². The van der Waals surface area contributed by atoms with E-state index in [9.17, 15) is 24.3 Å². The van der Waals surface area contributed by atoms with Gasteiger partial charge in [-0.3, -0.25) is 4.79 Å². The fraction of sp³-hybridized carbons (Fsp3) is 0.714. The van der Waals surface area contributed by atoms with Gasteiger partial charge in [0.2, 0.25) is 0 Å². The van der Waals surface area contributed by atoms with Crippen LogP contribution in [0.15, 0.2) is 0 Å². The summed E-state index contributed by atoms with van der Waals surface area (Å²) in [7, 11) is 0. The van der Waals surface area contributed by atoms with Gasteiger partial charge in [0.25, 0.3) is 0 Å². The van der Waals surface area contributed by atoms with Crippen molar-refractivity contribution in [3.8, 4) is 0 Å². The Kier molecular flexibility index (Phi) is 3.22. The first-order chi connectivity index (χ1) is 9.88. The Morgan fingerprint density at radius 2 is 1.76 bits per heavy atom. The molecule has 4 saturated carbocycles. The van der Waals surface area contributed by atoms with E-state index < -0.39 is 30.1 Å². The number of carboxylic acids is 1. The normalized spacial score (nSPS) is 36.4. The first-order valence-electron chi connectivity index (χ1n) is 7.02. The number of hydrogen-bond donors (Lipinski definition) is 0. The monoisotopic (exact) mass is 295 g/mol. The van der Waals surface area contributed by atoms with E-state index in [1.165, 1.54) is 0 Å². The molecular formula is C14H15O7-. The van der Waals surface area contributed by atoms with Gasteiger partial charge in [-0.25, -0.2) is 9.59 Å². The average molecular weight is 295 g/mol. The van der Waals surface area contributed by atoms with Gasteiger partial charge in [-0.2, -0.15) is 0 Å². The molecule has 0 aromatic heterocycles. The van der Waals surface area contributed by atoms with Crippen molar-refractivity contribution in [2.75, 3.05) is 6.61 Å². The van der Waals surface area contributed by atoms with Gasteiger partial charge in [0.1, 0.15) is 11.4 Å². The zero-order chi connectivity index (χ0) is 15.2. The second kappa shape index (κ2) is 4.82. The first kappa shape index (κ1) is 14.0. The molecule has 0 N–H and O–H groups in total. The predicted molar refractivity (Wildman–Crippen MR) is 63.4 cm³/mol. The van der Waals surface area contributed by atoms with Crippen LogP contribution in [0.2, 0.25) is 0 Å². The quantitative estimate of drug-likeness (QED) is 0.483. The highest BCUT2D eigenvalue weighted by molar-refractivity contribution is 6.27. The summed E-state index contributed by atoms with van der Waals surface area (Å²) in [5, 5.41) is 10.2. The van der Waals surface area contributed by atoms with E-state index in [2.05, 4.69) is 4.74 Å².